The Morgan fingerprint density at radius 1 is 1.11 bits per heavy atom. The molecule has 3 aromatic rings. The third-order valence-electron chi connectivity index (χ3n) is 4.12. The van der Waals surface area contributed by atoms with E-state index in [0.29, 0.717) is 11.1 Å². The van der Waals surface area contributed by atoms with E-state index in [1.165, 1.54) is 11.8 Å². The summed E-state index contributed by atoms with van der Waals surface area (Å²) in [5.41, 5.74) is 2.73. The number of nitrogens with zero attached hydrogens (tertiary/aromatic N) is 3. The molecular formula is C20H21BrN4O2S. The molecule has 0 spiro atoms. The molecule has 8 heteroatoms. The second kappa shape index (κ2) is 9.75. The van der Waals surface area contributed by atoms with Gasteiger partial charge in [0.25, 0.3) is 5.22 Å². The van der Waals surface area contributed by atoms with E-state index in [2.05, 4.69) is 50.2 Å². The van der Waals surface area contributed by atoms with Crippen LogP contribution in [0.3, 0.4) is 0 Å². The number of aromatic nitrogens is 2. The molecule has 0 saturated heterocycles. The van der Waals surface area contributed by atoms with Gasteiger partial charge in [0.15, 0.2) is 0 Å². The third kappa shape index (κ3) is 5.14. The summed E-state index contributed by atoms with van der Waals surface area (Å²) in [4.78, 5) is 14.5. The van der Waals surface area contributed by atoms with Crippen LogP contribution < -0.4 is 10.2 Å². The predicted molar refractivity (Wildman–Crippen MR) is 117 cm³/mol. The molecule has 3 rings (SSSR count). The van der Waals surface area contributed by atoms with Crippen LogP contribution in [0.4, 0.5) is 11.4 Å². The Balaban J connectivity index is 1.54. The Labute approximate surface area is 176 Å². The van der Waals surface area contributed by atoms with Crippen LogP contribution in [0.25, 0.3) is 11.5 Å². The van der Waals surface area contributed by atoms with Crippen molar-refractivity contribution in [2.75, 3.05) is 29.1 Å². The first-order valence-corrected chi connectivity index (χ1v) is 10.7. The number of thioether (sulfide) groups is 1. The molecule has 0 saturated carbocycles. The summed E-state index contributed by atoms with van der Waals surface area (Å²) < 4.78 is 6.52. The Hall–Kier alpha value is -2.32. The number of anilines is 2. The van der Waals surface area contributed by atoms with Crippen molar-refractivity contribution in [3.8, 4) is 11.5 Å². The van der Waals surface area contributed by atoms with Crippen LogP contribution in [0.1, 0.15) is 13.8 Å². The van der Waals surface area contributed by atoms with Gasteiger partial charge in [-0.1, -0.05) is 23.9 Å². The van der Waals surface area contributed by atoms with E-state index in [0.717, 1.165) is 34.5 Å². The van der Waals surface area contributed by atoms with Gasteiger partial charge in [-0.05, 0) is 66.2 Å². The number of halogens is 1. The van der Waals surface area contributed by atoms with E-state index in [1.807, 2.05) is 48.5 Å². The molecular weight excluding hydrogens is 440 g/mol. The fourth-order valence-corrected chi connectivity index (χ4v) is 3.70. The minimum atomic E-state index is -0.124. The lowest BCUT2D eigenvalue weighted by Gasteiger charge is -2.21. The Kier molecular flexibility index (Phi) is 7.11. The molecule has 146 valence electrons. The van der Waals surface area contributed by atoms with Gasteiger partial charge in [0.05, 0.1) is 11.3 Å². The fraction of sp³-hybridized carbons (Fsp3) is 0.250. The summed E-state index contributed by atoms with van der Waals surface area (Å²) in [6, 6.07) is 15.5. The van der Waals surface area contributed by atoms with Crippen molar-refractivity contribution in [3.05, 3.63) is 53.0 Å². The van der Waals surface area contributed by atoms with Gasteiger partial charge in [0.1, 0.15) is 0 Å². The van der Waals surface area contributed by atoms with Crippen LogP contribution in [-0.4, -0.2) is 34.9 Å². The standard InChI is InChI=1S/C20H21BrN4O2S/c1-3-25(4-2)15-11-9-14(10-12-15)22-18(26)13-28-20-24-23-19(27-20)16-7-5-6-8-17(16)21/h5-12H,3-4,13H2,1-2H3,(H,22,26). The number of rotatable bonds is 8. The number of hydrogen-bond donors (Lipinski definition) is 1. The highest BCUT2D eigenvalue weighted by atomic mass is 79.9. The van der Waals surface area contributed by atoms with Crippen LogP contribution in [0.15, 0.2) is 62.6 Å². The van der Waals surface area contributed by atoms with E-state index in [-0.39, 0.29) is 11.7 Å². The number of hydrogen-bond acceptors (Lipinski definition) is 6. The molecule has 0 bridgehead atoms. The van der Waals surface area contributed by atoms with Crippen LogP contribution in [-0.2, 0) is 4.79 Å². The van der Waals surface area contributed by atoms with Crippen LogP contribution in [0.2, 0.25) is 0 Å². The zero-order valence-electron chi connectivity index (χ0n) is 15.7. The molecule has 0 aliphatic rings. The minimum Gasteiger partial charge on any atom is -0.411 e. The summed E-state index contributed by atoms with van der Waals surface area (Å²) >= 11 is 4.67. The van der Waals surface area contributed by atoms with Gasteiger partial charge in [0.2, 0.25) is 11.8 Å². The highest BCUT2D eigenvalue weighted by Gasteiger charge is 2.13. The molecule has 1 N–H and O–H groups in total. The van der Waals surface area contributed by atoms with Gasteiger partial charge >= 0.3 is 0 Å². The van der Waals surface area contributed by atoms with Crippen LogP contribution in [0.5, 0.6) is 0 Å². The number of amides is 1. The molecule has 0 atom stereocenters. The van der Waals surface area contributed by atoms with Crippen molar-refractivity contribution in [1.29, 1.82) is 0 Å². The van der Waals surface area contributed by atoms with Gasteiger partial charge in [-0.15, -0.1) is 10.2 Å². The number of benzene rings is 2. The molecule has 0 aliphatic heterocycles. The number of nitrogens with one attached hydrogen (secondary N) is 1. The monoisotopic (exact) mass is 460 g/mol. The summed E-state index contributed by atoms with van der Waals surface area (Å²) in [6.07, 6.45) is 0. The smallest absolute Gasteiger partial charge is 0.277 e. The lowest BCUT2D eigenvalue weighted by molar-refractivity contribution is -0.113. The normalized spacial score (nSPS) is 10.7. The summed E-state index contributed by atoms with van der Waals surface area (Å²) in [5.74, 6) is 0.485. The molecule has 6 nitrogen and oxygen atoms in total. The topological polar surface area (TPSA) is 71.3 Å². The van der Waals surface area contributed by atoms with Gasteiger partial charge in [0, 0.05) is 28.9 Å². The molecule has 1 aromatic heterocycles. The first-order valence-electron chi connectivity index (χ1n) is 8.96. The van der Waals surface area contributed by atoms with E-state index >= 15 is 0 Å². The Morgan fingerprint density at radius 3 is 2.50 bits per heavy atom. The molecule has 0 radical (unpaired) electrons. The van der Waals surface area contributed by atoms with E-state index in [4.69, 9.17) is 4.42 Å². The molecule has 1 heterocycles. The second-order valence-corrected chi connectivity index (χ2v) is 7.69. The average Bonchev–Trinajstić information content (AvgIpc) is 3.18. The maximum Gasteiger partial charge on any atom is 0.277 e. The molecule has 0 aliphatic carbocycles. The highest BCUT2D eigenvalue weighted by molar-refractivity contribution is 9.10. The second-order valence-electron chi connectivity index (χ2n) is 5.91. The third-order valence-corrected chi connectivity index (χ3v) is 5.63. The maximum atomic E-state index is 12.2. The highest BCUT2D eigenvalue weighted by Crippen LogP contribution is 2.29. The summed E-state index contributed by atoms with van der Waals surface area (Å²) in [7, 11) is 0. The van der Waals surface area contributed by atoms with Crippen molar-refractivity contribution in [2.24, 2.45) is 0 Å². The Bertz CT molecular complexity index is 926. The lowest BCUT2D eigenvalue weighted by Crippen LogP contribution is -2.21. The molecule has 28 heavy (non-hydrogen) atoms. The molecule has 0 unspecified atom stereocenters. The summed E-state index contributed by atoms with van der Waals surface area (Å²) in [6.45, 7) is 6.14. The van der Waals surface area contributed by atoms with E-state index in [9.17, 15) is 4.79 Å². The van der Waals surface area contributed by atoms with Crippen molar-refractivity contribution < 1.29 is 9.21 Å². The number of carbonyl (C=O) groups is 1. The van der Waals surface area contributed by atoms with Crippen molar-refractivity contribution in [2.45, 2.75) is 19.1 Å². The lowest BCUT2D eigenvalue weighted by atomic mass is 10.2. The first kappa shape index (κ1) is 20.4. The predicted octanol–water partition coefficient (Wildman–Crippen LogP) is 5.08. The van der Waals surface area contributed by atoms with Crippen molar-refractivity contribution >= 4 is 45.0 Å². The largest absolute Gasteiger partial charge is 0.411 e. The molecule has 2 aromatic carbocycles. The average molecular weight is 461 g/mol. The Morgan fingerprint density at radius 2 is 1.82 bits per heavy atom. The van der Waals surface area contributed by atoms with Gasteiger partial charge in [-0.2, -0.15) is 0 Å². The van der Waals surface area contributed by atoms with Gasteiger partial charge in [-0.3, -0.25) is 4.79 Å². The minimum absolute atomic E-state index is 0.124. The maximum absolute atomic E-state index is 12.2. The van der Waals surface area contributed by atoms with Crippen LogP contribution >= 0.6 is 27.7 Å². The van der Waals surface area contributed by atoms with Crippen molar-refractivity contribution in [1.82, 2.24) is 10.2 Å². The zero-order valence-corrected chi connectivity index (χ0v) is 18.1. The quantitative estimate of drug-likeness (QED) is 0.472. The van der Waals surface area contributed by atoms with E-state index in [1.54, 1.807) is 0 Å². The molecule has 0 fully saturated rings. The number of carbonyl (C=O) groups excluding carboxylic acids is 1. The first-order chi connectivity index (χ1) is 13.6. The van der Waals surface area contributed by atoms with Gasteiger partial charge < -0.3 is 14.6 Å². The van der Waals surface area contributed by atoms with E-state index < -0.39 is 0 Å². The summed E-state index contributed by atoms with van der Waals surface area (Å²) in [5, 5.41) is 11.3. The van der Waals surface area contributed by atoms with Gasteiger partial charge in [-0.25, -0.2) is 0 Å². The van der Waals surface area contributed by atoms with Crippen molar-refractivity contribution in [3.63, 3.8) is 0 Å². The fourth-order valence-electron chi connectivity index (χ4n) is 2.68. The molecule has 1 amide bonds. The zero-order chi connectivity index (χ0) is 19.9. The van der Waals surface area contributed by atoms with Crippen LogP contribution in [0, 0.1) is 0 Å². The SMILES string of the molecule is CCN(CC)c1ccc(NC(=O)CSc2nnc(-c3ccccc3Br)o2)cc1.